The van der Waals surface area contributed by atoms with Crippen molar-refractivity contribution in [2.75, 3.05) is 20.2 Å². The van der Waals surface area contributed by atoms with Gasteiger partial charge < -0.3 is 15.3 Å². The Bertz CT molecular complexity index is 420. The molecule has 0 fully saturated rings. The molecule has 1 aromatic carbocycles. The molecule has 0 spiro atoms. The van der Waals surface area contributed by atoms with Gasteiger partial charge in [0.05, 0.1) is 12.6 Å². The van der Waals surface area contributed by atoms with E-state index in [4.69, 9.17) is 5.11 Å². The first-order valence-electron chi connectivity index (χ1n) is 6.22. The fraction of sp³-hybridized carbons (Fsp3) is 0.429. The van der Waals surface area contributed by atoms with Crippen LogP contribution in [0.4, 0.5) is 0 Å². The van der Waals surface area contributed by atoms with E-state index in [9.17, 15) is 9.59 Å². The van der Waals surface area contributed by atoms with Gasteiger partial charge >= 0.3 is 0 Å². The number of benzene rings is 1. The lowest BCUT2D eigenvalue weighted by molar-refractivity contribution is -0.133. The molecule has 2 N–H and O–H groups in total. The number of likely N-dealkylation sites (N-methyl/N-ethyl adjacent to an activating group) is 1. The molecule has 1 atom stereocenters. The highest BCUT2D eigenvalue weighted by atomic mass is 16.3. The molecule has 19 heavy (non-hydrogen) atoms. The van der Waals surface area contributed by atoms with Crippen LogP contribution in [0.1, 0.15) is 24.9 Å². The van der Waals surface area contributed by atoms with Crippen molar-refractivity contribution >= 4 is 11.8 Å². The molecule has 2 amide bonds. The summed E-state index contributed by atoms with van der Waals surface area (Å²) in [5.74, 6) is -0.419. The molecule has 0 saturated heterocycles. The maximum atomic E-state index is 12.0. The highest BCUT2D eigenvalue weighted by Crippen LogP contribution is 2.22. The van der Waals surface area contributed by atoms with Crippen molar-refractivity contribution in [1.82, 2.24) is 10.2 Å². The minimum Gasteiger partial charge on any atom is -0.396 e. The van der Waals surface area contributed by atoms with E-state index in [0.717, 1.165) is 5.56 Å². The Labute approximate surface area is 113 Å². The number of carbonyl (C=O) groups is 2. The molecular weight excluding hydrogens is 244 g/mol. The van der Waals surface area contributed by atoms with Gasteiger partial charge in [-0.1, -0.05) is 30.3 Å². The Morgan fingerprint density at radius 3 is 2.47 bits per heavy atom. The molecule has 0 aromatic heterocycles. The summed E-state index contributed by atoms with van der Waals surface area (Å²) in [6.07, 6.45) is 0.465. The standard InChI is InChI=1S/C14H20N2O3/c1-11(18)15-10-14(19)16(2)13(8-9-17)12-6-4-3-5-7-12/h3-7,13,17H,8-10H2,1-2H3,(H,15,18). The summed E-state index contributed by atoms with van der Waals surface area (Å²) in [6.45, 7) is 1.34. The number of aliphatic hydroxyl groups excluding tert-OH is 1. The first-order valence-corrected chi connectivity index (χ1v) is 6.22. The monoisotopic (exact) mass is 264 g/mol. The SMILES string of the molecule is CC(=O)NCC(=O)N(C)C(CCO)c1ccccc1. The lowest BCUT2D eigenvalue weighted by atomic mass is 10.0. The van der Waals surface area contributed by atoms with Gasteiger partial charge in [-0.15, -0.1) is 0 Å². The lowest BCUT2D eigenvalue weighted by Gasteiger charge is -2.28. The molecule has 0 aliphatic carbocycles. The molecule has 0 bridgehead atoms. The van der Waals surface area contributed by atoms with Crippen LogP contribution in [-0.2, 0) is 9.59 Å². The topological polar surface area (TPSA) is 69.6 Å². The predicted octanol–water partition coefficient (Wildman–Crippen LogP) is 0.705. The zero-order chi connectivity index (χ0) is 14.3. The number of carbonyl (C=O) groups excluding carboxylic acids is 2. The smallest absolute Gasteiger partial charge is 0.242 e. The van der Waals surface area contributed by atoms with Gasteiger partial charge in [-0.25, -0.2) is 0 Å². The summed E-state index contributed by atoms with van der Waals surface area (Å²) < 4.78 is 0. The van der Waals surface area contributed by atoms with Gasteiger partial charge in [0.1, 0.15) is 0 Å². The van der Waals surface area contributed by atoms with E-state index in [1.165, 1.54) is 6.92 Å². The number of hydrogen-bond donors (Lipinski definition) is 2. The maximum Gasteiger partial charge on any atom is 0.242 e. The average molecular weight is 264 g/mol. The summed E-state index contributed by atoms with van der Waals surface area (Å²) in [6, 6.07) is 9.34. The van der Waals surface area contributed by atoms with Crippen LogP contribution in [0, 0.1) is 0 Å². The van der Waals surface area contributed by atoms with Crippen LogP contribution in [0.3, 0.4) is 0 Å². The number of nitrogens with one attached hydrogen (secondary N) is 1. The van der Waals surface area contributed by atoms with E-state index in [-0.39, 0.29) is 31.0 Å². The summed E-state index contributed by atoms with van der Waals surface area (Å²) in [7, 11) is 1.68. The zero-order valence-electron chi connectivity index (χ0n) is 11.3. The van der Waals surface area contributed by atoms with E-state index in [2.05, 4.69) is 5.32 Å². The molecule has 104 valence electrons. The Hall–Kier alpha value is -1.88. The molecule has 0 radical (unpaired) electrons. The molecular formula is C14H20N2O3. The Kier molecular flexibility index (Phi) is 6.02. The molecule has 1 aromatic rings. The second-order valence-electron chi connectivity index (χ2n) is 4.35. The molecule has 5 nitrogen and oxygen atoms in total. The Morgan fingerprint density at radius 1 is 1.32 bits per heavy atom. The number of nitrogens with zero attached hydrogens (tertiary/aromatic N) is 1. The second kappa shape index (κ2) is 7.53. The largest absolute Gasteiger partial charge is 0.396 e. The van der Waals surface area contributed by atoms with Crippen molar-refractivity contribution < 1.29 is 14.7 Å². The van der Waals surface area contributed by atoms with Crippen LogP contribution in [0.5, 0.6) is 0 Å². The van der Waals surface area contributed by atoms with E-state index < -0.39 is 0 Å². The van der Waals surface area contributed by atoms with Crippen molar-refractivity contribution in [3.63, 3.8) is 0 Å². The minimum absolute atomic E-state index is 0.00266. The van der Waals surface area contributed by atoms with Gasteiger partial charge in [0.15, 0.2) is 0 Å². The van der Waals surface area contributed by atoms with Crippen molar-refractivity contribution in [3.8, 4) is 0 Å². The zero-order valence-corrected chi connectivity index (χ0v) is 11.3. The number of aliphatic hydroxyl groups is 1. The highest BCUT2D eigenvalue weighted by molar-refractivity contribution is 5.83. The maximum absolute atomic E-state index is 12.0. The third kappa shape index (κ3) is 4.71. The second-order valence-corrected chi connectivity index (χ2v) is 4.35. The number of amides is 2. The number of rotatable bonds is 6. The molecule has 0 heterocycles. The summed E-state index contributed by atoms with van der Waals surface area (Å²) >= 11 is 0. The third-order valence-electron chi connectivity index (χ3n) is 2.94. The molecule has 1 rings (SSSR count). The fourth-order valence-corrected chi connectivity index (χ4v) is 1.88. The van der Waals surface area contributed by atoms with Crippen molar-refractivity contribution in [2.45, 2.75) is 19.4 Å². The molecule has 0 aliphatic heterocycles. The quantitative estimate of drug-likeness (QED) is 0.795. The van der Waals surface area contributed by atoms with Crippen molar-refractivity contribution in [3.05, 3.63) is 35.9 Å². The average Bonchev–Trinajstić information content (AvgIpc) is 2.42. The first-order chi connectivity index (χ1) is 9.06. The van der Waals surface area contributed by atoms with Crippen LogP contribution in [-0.4, -0.2) is 42.0 Å². The Balaban J connectivity index is 2.75. The van der Waals surface area contributed by atoms with Crippen LogP contribution in [0.25, 0.3) is 0 Å². The van der Waals surface area contributed by atoms with E-state index >= 15 is 0 Å². The van der Waals surface area contributed by atoms with E-state index in [0.29, 0.717) is 6.42 Å². The first kappa shape index (κ1) is 15.2. The van der Waals surface area contributed by atoms with Gasteiger partial charge in [0.25, 0.3) is 0 Å². The highest BCUT2D eigenvalue weighted by Gasteiger charge is 2.20. The molecule has 0 saturated carbocycles. The summed E-state index contributed by atoms with van der Waals surface area (Å²) in [5, 5.41) is 11.6. The number of hydrogen-bond acceptors (Lipinski definition) is 3. The summed E-state index contributed by atoms with van der Waals surface area (Å²) in [5.41, 5.74) is 0.968. The fourth-order valence-electron chi connectivity index (χ4n) is 1.88. The Morgan fingerprint density at radius 2 is 1.95 bits per heavy atom. The van der Waals surface area contributed by atoms with Crippen molar-refractivity contribution in [2.24, 2.45) is 0 Å². The van der Waals surface area contributed by atoms with Gasteiger partial charge in [0, 0.05) is 20.6 Å². The minimum atomic E-state index is -0.236. The van der Waals surface area contributed by atoms with Gasteiger partial charge in [-0.3, -0.25) is 9.59 Å². The summed E-state index contributed by atoms with van der Waals surface area (Å²) in [4.78, 5) is 24.3. The predicted molar refractivity (Wildman–Crippen MR) is 72.3 cm³/mol. The van der Waals surface area contributed by atoms with Gasteiger partial charge in [0.2, 0.25) is 11.8 Å². The van der Waals surface area contributed by atoms with Crippen molar-refractivity contribution in [1.29, 1.82) is 0 Å². The van der Waals surface area contributed by atoms with Crippen LogP contribution in [0.2, 0.25) is 0 Å². The third-order valence-corrected chi connectivity index (χ3v) is 2.94. The van der Waals surface area contributed by atoms with Gasteiger partial charge in [-0.05, 0) is 12.0 Å². The van der Waals surface area contributed by atoms with Crippen LogP contribution in [0.15, 0.2) is 30.3 Å². The molecule has 1 unspecified atom stereocenters. The van der Waals surface area contributed by atoms with Gasteiger partial charge in [-0.2, -0.15) is 0 Å². The molecule has 5 heteroatoms. The normalized spacial score (nSPS) is 11.7. The van der Waals surface area contributed by atoms with E-state index in [1.54, 1.807) is 11.9 Å². The lowest BCUT2D eigenvalue weighted by Crippen LogP contribution is -2.39. The van der Waals surface area contributed by atoms with E-state index in [1.807, 2.05) is 30.3 Å². The molecule has 0 aliphatic rings. The van der Waals surface area contributed by atoms with Crippen LogP contribution >= 0.6 is 0 Å². The van der Waals surface area contributed by atoms with Crippen LogP contribution < -0.4 is 5.32 Å².